The van der Waals surface area contributed by atoms with Gasteiger partial charge in [0.25, 0.3) is 0 Å². The fourth-order valence-electron chi connectivity index (χ4n) is 4.43. The molecule has 2 aliphatic rings. The molecule has 2 fully saturated rings. The normalized spacial score (nSPS) is 20.1. The first-order chi connectivity index (χ1) is 16.1. The molecule has 1 heterocycles. The zero-order valence-electron chi connectivity index (χ0n) is 20.4. The molecule has 0 unspecified atom stereocenters. The van der Waals surface area contributed by atoms with E-state index in [1.165, 1.54) is 12.0 Å². The predicted molar refractivity (Wildman–Crippen MR) is 125 cm³/mol. The first-order valence-electron chi connectivity index (χ1n) is 11.8. The van der Waals surface area contributed by atoms with Crippen molar-refractivity contribution in [2.24, 2.45) is 5.41 Å². The second kappa shape index (κ2) is 11.0. The van der Waals surface area contributed by atoms with E-state index in [0.29, 0.717) is 5.56 Å². The molecular weight excluding hydrogens is 438 g/mol. The van der Waals surface area contributed by atoms with E-state index >= 15 is 0 Å². The number of nitrogens with zero attached hydrogens (tertiary/aromatic N) is 2. The molecule has 0 radical (unpaired) electrons. The van der Waals surface area contributed by atoms with Gasteiger partial charge in [-0.15, -0.1) is 0 Å². The summed E-state index contributed by atoms with van der Waals surface area (Å²) in [6.07, 6.45) is 2.91. The molecule has 2 amide bonds. The van der Waals surface area contributed by atoms with Crippen LogP contribution in [0.1, 0.15) is 56.8 Å². The minimum atomic E-state index is -0.918. The fraction of sp³-hybridized carbons (Fsp3) is 0.600. The van der Waals surface area contributed by atoms with Gasteiger partial charge in [-0.25, -0.2) is 9.59 Å². The molecule has 3 rings (SSSR count). The molecule has 1 aliphatic heterocycles. The Labute approximate surface area is 200 Å². The smallest absolute Gasteiger partial charge is 0.408 e. The predicted octanol–water partition coefficient (Wildman–Crippen LogP) is 2.60. The Morgan fingerprint density at radius 1 is 1.09 bits per heavy atom. The van der Waals surface area contributed by atoms with E-state index in [9.17, 15) is 19.2 Å². The van der Waals surface area contributed by atoms with Crippen molar-refractivity contribution < 1.29 is 28.7 Å². The van der Waals surface area contributed by atoms with E-state index in [1.54, 1.807) is 29.2 Å². The number of rotatable bonds is 7. The highest BCUT2D eigenvalue weighted by Gasteiger charge is 2.45. The van der Waals surface area contributed by atoms with Gasteiger partial charge in [0.1, 0.15) is 18.2 Å². The van der Waals surface area contributed by atoms with Crippen molar-refractivity contribution in [3.63, 3.8) is 0 Å². The molecule has 0 bridgehead atoms. The number of amides is 2. The minimum absolute atomic E-state index is 0.0542. The number of ether oxygens (including phenoxy) is 2. The van der Waals surface area contributed by atoms with E-state index in [0.717, 1.165) is 25.7 Å². The van der Waals surface area contributed by atoms with Crippen molar-refractivity contribution in [1.29, 1.82) is 0 Å². The molecule has 2 atom stereocenters. The van der Waals surface area contributed by atoms with Gasteiger partial charge in [-0.1, -0.05) is 51.1 Å². The van der Waals surface area contributed by atoms with Crippen LogP contribution in [0.3, 0.4) is 0 Å². The van der Waals surface area contributed by atoms with Crippen LogP contribution in [0.4, 0.5) is 4.79 Å². The number of hydrogen-bond acceptors (Lipinski definition) is 7. The molecule has 0 spiro atoms. The second-order valence-corrected chi connectivity index (χ2v) is 10.0. The third-order valence-electron chi connectivity index (χ3n) is 6.33. The molecule has 1 saturated carbocycles. The van der Waals surface area contributed by atoms with Gasteiger partial charge in [0, 0.05) is 12.1 Å². The van der Waals surface area contributed by atoms with Crippen LogP contribution in [-0.4, -0.2) is 78.6 Å². The summed E-state index contributed by atoms with van der Waals surface area (Å²) in [7, 11) is 1.27. The fourth-order valence-corrected chi connectivity index (χ4v) is 4.43. The Balaban J connectivity index is 1.73. The molecule has 1 saturated heterocycles. The summed E-state index contributed by atoms with van der Waals surface area (Å²) in [6.45, 7) is 5.81. The van der Waals surface area contributed by atoms with Crippen molar-refractivity contribution >= 4 is 23.8 Å². The Bertz CT molecular complexity index is 892. The quantitative estimate of drug-likeness (QED) is 0.479. The Morgan fingerprint density at radius 2 is 1.74 bits per heavy atom. The summed E-state index contributed by atoms with van der Waals surface area (Å²) in [4.78, 5) is 54.5. The molecule has 9 nitrogen and oxygen atoms in total. The lowest BCUT2D eigenvalue weighted by Gasteiger charge is -2.34. The number of hydrogen-bond donors (Lipinski definition) is 1. The van der Waals surface area contributed by atoms with Crippen LogP contribution in [0.5, 0.6) is 0 Å². The summed E-state index contributed by atoms with van der Waals surface area (Å²) in [5.74, 6) is -1.09. The lowest BCUT2D eigenvalue weighted by Crippen LogP contribution is -2.57. The Hall–Kier alpha value is -2.94. The highest BCUT2D eigenvalue weighted by atomic mass is 16.6. The number of carbonyl (C=O) groups excluding carboxylic acids is 4. The average molecular weight is 474 g/mol. The van der Waals surface area contributed by atoms with Gasteiger partial charge in [0.05, 0.1) is 20.3 Å². The van der Waals surface area contributed by atoms with Crippen LogP contribution in [0.2, 0.25) is 0 Å². The maximum Gasteiger partial charge on any atom is 0.408 e. The van der Waals surface area contributed by atoms with Crippen molar-refractivity contribution in [3.05, 3.63) is 35.9 Å². The average Bonchev–Trinajstić information content (AvgIpc) is 3.46. The van der Waals surface area contributed by atoms with E-state index in [-0.39, 0.29) is 31.6 Å². The van der Waals surface area contributed by atoms with Crippen molar-refractivity contribution in [2.45, 2.75) is 64.6 Å². The molecule has 0 aromatic heterocycles. The van der Waals surface area contributed by atoms with Gasteiger partial charge < -0.3 is 19.7 Å². The SMILES string of the molecule is COC(=O)[C@@H]1CN(CC(=O)c2ccccc2)CN1C(=O)[C@@H](NC(=O)OC1CCCC1)C(C)(C)C. The van der Waals surface area contributed by atoms with Gasteiger partial charge in [0.15, 0.2) is 5.78 Å². The first-order valence-corrected chi connectivity index (χ1v) is 11.8. The molecular formula is C25H35N3O6. The number of nitrogens with one attached hydrogen (secondary N) is 1. The molecule has 186 valence electrons. The number of benzene rings is 1. The maximum atomic E-state index is 13.6. The van der Waals surface area contributed by atoms with E-state index in [4.69, 9.17) is 9.47 Å². The lowest BCUT2D eigenvalue weighted by molar-refractivity contribution is -0.152. The largest absolute Gasteiger partial charge is 0.467 e. The highest BCUT2D eigenvalue weighted by Crippen LogP contribution is 2.26. The number of methoxy groups -OCH3 is 1. The topological polar surface area (TPSA) is 105 Å². The van der Waals surface area contributed by atoms with Crippen LogP contribution < -0.4 is 5.32 Å². The van der Waals surface area contributed by atoms with Crippen LogP contribution in [0.25, 0.3) is 0 Å². The standard InChI is InChI=1S/C25H35N3O6/c1-25(2,3)21(26-24(32)34-18-12-8-9-13-18)22(30)28-16-27(14-19(28)23(31)33-4)15-20(29)17-10-6-5-7-11-17/h5-7,10-11,18-19,21H,8-9,12-16H2,1-4H3,(H,26,32)/t19-,21+/m0/s1. The number of Topliss-reactive ketones (excluding diaryl/α,β-unsaturated/α-hetero) is 1. The van der Waals surface area contributed by atoms with Gasteiger partial charge in [0.2, 0.25) is 5.91 Å². The molecule has 34 heavy (non-hydrogen) atoms. The van der Waals surface area contributed by atoms with Crippen LogP contribution in [0, 0.1) is 5.41 Å². The number of ketones is 1. The Morgan fingerprint density at radius 3 is 2.32 bits per heavy atom. The summed E-state index contributed by atoms with van der Waals surface area (Å²) in [5, 5.41) is 2.73. The zero-order valence-corrected chi connectivity index (χ0v) is 20.4. The molecule has 1 aromatic rings. The third-order valence-corrected chi connectivity index (χ3v) is 6.33. The lowest BCUT2D eigenvalue weighted by atomic mass is 9.85. The van der Waals surface area contributed by atoms with Gasteiger partial charge in [-0.05, 0) is 31.1 Å². The molecule has 9 heteroatoms. The Kier molecular flexibility index (Phi) is 8.30. The number of esters is 1. The summed E-state index contributed by atoms with van der Waals surface area (Å²) < 4.78 is 10.4. The monoisotopic (exact) mass is 473 g/mol. The summed E-state index contributed by atoms with van der Waals surface area (Å²) >= 11 is 0. The van der Waals surface area contributed by atoms with E-state index in [1.807, 2.05) is 26.8 Å². The number of carbonyl (C=O) groups is 4. The highest BCUT2D eigenvalue weighted by molar-refractivity contribution is 5.98. The second-order valence-electron chi connectivity index (χ2n) is 10.0. The van der Waals surface area contributed by atoms with Crippen LogP contribution in [-0.2, 0) is 19.1 Å². The van der Waals surface area contributed by atoms with Crippen LogP contribution in [0.15, 0.2) is 30.3 Å². The van der Waals surface area contributed by atoms with E-state index < -0.39 is 35.5 Å². The maximum absolute atomic E-state index is 13.6. The molecule has 1 aliphatic carbocycles. The molecule has 1 aromatic carbocycles. The molecule has 1 N–H and O–H groups in total. The number of alkyl carbamates (subject to hydrolysis) is 1. The minimum Gasteiger partial charge on any atom is -0.467 e. The van der Waals surface area contributed by atoms with Crippen molar-refractivity contribution in [1.82, 2.24) is 15.1 Å². The van der Waals surface area contributed by atoms with Gasteiger partial charge in [-0.3, -0.25) is 14.5 Å². The summed E-state index contributed by atoms with van der Waals surface area (Å²) in [5.41, 5.74) is -0.0782. The summed E-state index contributed by atoms with van der Waals surface area (Å²) in [6, 6.07) is 7.07. The zero-order chi connectivity index (χ0) is 24.9. The third kappa shape index (κ3) is 6.34. The van der Waals surface area contributed by atoms with Crippen molar-refractivity contribution in [2.75, 3.05) is 26.9 Å². The van der Waals surface area contributed by atoms with Crippen molar-refractivity contribution in [3.8, 4) is 0 Å². The van der Waals surface area contributed by atoms with Gasteiger partial charge in [-0.2, -0.15) is 0 Å². The van der Waals surface area contributed by atoms with E-state index in [2.05, 4.69) is 5.32 Å². The van der Waals surface area contributed by atoms with Gasteiger partial charge >= 0.3 is 12.1 Å². The first kappa shape index (κ1) is 25.7. The van der Waals surface area contributed by atoms with Crippen LogP contribution >= 0.6 is 0 Å².